The summed E-state index contributed by atoms with van der Waals surface area (Å²) in [5, 5.41) is 10.3. The van der Waals surface area contributed by atoms with E-state index < -0.39 is 0 Å². The quantitative estimate of drug-likeness (QED) is 0.866. The molecule has 0 aromatic heterocycles. The van der Waals surface area contributed by atoms with Crippen molar-refractivity contribution in [2.75, 3.05) is 0 Å². The molecule has 1 aromatic carbocycles. The second kappa shape index (κ2) is 5.21. The van der Waals surface area contributed by atoms with Crippen molar-refractivity contribution in [3.8, 4) is 11.5 Å². The number of benzene rings is 1. The van der Waals surface area contributed by atoms with Crippen molar-refractivity contribution in [3.63, 3.8) is 0 Å². The van der Waals surface area contributed by atoms with Gasteiger partial charge in [0.25, 0.3) is 0 Å². The Labute approximate surface area is 111 Å². The molecule has 0 amide bonds. The third-order valence-corrected chi connectivity index (χ3v) is 3.27. The minimum absolute atomic E-state index is 0.220. The van der Waals surface area contributed by atoms with Gasteiger partial charge in [0.15, 0.2) is 0 Å². The van der Waals surface area contributed by atoms with Crippen LogP contribution in [-0.2, 0) is 12.8 Å². The summed E-state index contributed by atoms with van der Waals surface area (Å²) in [7, 11) is 0. The van der Waals surface area contributed by atoms with Crippen LogP contribution in [0.5, 0.6) is 11.5 Å². The number of hydrogen-bond donors (Lipinski definition) is 1. The molecule has 2 heteroatoms. The van der Waals surface area contributed by atoms with E-state index in [2.05, 4.69) is 34.6 Å². The number of aromatic hydroxyl groups is 1. The van der Waals surface area contributed by atoms with E-state index in [9.17, 15) is 5.11 Å². The van der Waals surface area contributed by atoms with Crippen LogP contribution in [0.3, 0.4) is 0 Å². The zero-order valence-corrected chi connectivity index (χ0v) is 12.8. The van der Waals surface area contributed by atoms with E-state index in [-0.39, 0.29) is 5.60 Å². The predicted octanol–water partition coefficient (Wildman–Crippen LogP) is 4.31. The van der Waals surface area contributed by atoms with Crippen LogP contribution in [0.2, 0.25) is 0 Å². The van der Waals surface area contributed by atoms with Gasteiger partial charge in [-0.15, -0.1) is 0 Å². The maximum absolute atomic E-state index is 10.3. The lowest BCUT2D eigenvalue weighted by molar-refractivity contribution is 0.128. The van der Waals surface area contributed by atoms with Crippen molar-refractivity contribution < 1.29 is 9.84 Å². The highest BCUT2D eigenvalue weighted by Gasteiger charge is 2.22. The molecule has 0 aliphatic heterocycles. The standard InChI is InChI=1S/C16H26O2/c1-8-12-10(3)15(18-16(5,6)7)11(4)13(9-2)14(12)17/h17H,8-9H2,1-7H3. The molecule has 0 aliphatic rings. The predicted molar refractivity (Wildman–Crippen MR) is 76.7 cm³/mol. The molecule has 0 atom stereocenters. The molecular weight excluding hydrogens is 224 g/mol. The number of ether oxygens (including phenoxy) is 1. The Morgan fingerprint density at radius 1 is 0.944 bits per heavy atom. The summed E-state index contributed by atoms with van der Waals surface area (Å²) in [6, 6.07) is 0. The number of phenolic OH excluding ortho intramolecular Hbond substituents is 1. The van der Waals surface area contributed by atoms with E-state index in [0.29, 0.717) is 5.75 Å². The topological polar surface area (TPSA) is 29.5 Å². The Morgan fingerprint density at radius 3 is 1.61 bits per heavy atom. The molecule has 0 bridgehead atoms. The summed E-state index contributed by atoms with van der Waals surface area (Å²) < 4.78 is 6.09. The number of phenols is 1. The summed E-state index contributed by atoms with van der Waals surface area (Å²) in [5.41, 5.74) is 3.94. The highest BCUT2D eigenvalue weighted by atomic mass is 16.5. The minimum atomic E-state index is -0.220. The molecule has 1 aromatic rings. The maximum Gasteiger partial charge on any atom is 0.126 e. The zero-order chi connectivity index (χ0) is 14.1. The van der Waals surface area contributed by atoms with Gasteiger partial charge < -0.3 is 9.84 Å². The fourth-order valence-corrected chi connectivity index (χ4v) is 2.42. The molecule has 0 aliphatic carbocycles. The highest BCUT2D eigenvalue weighted by molar-refractivity contribution is 5.58. The van der Waals surface area contributed by atoms with Gasteiger partial charge in [0, 0.05) is 11.1 Å². The highest BCUT2D eigenvalue weighted by Crippen LogP contribution is 2.39. The third-order valence-electron chi connectivity index (χ3n) is 3.27. The second-order valence-electron chi connectivity index (χ2n) is 5.81. The second-order valence-corrected chi connectivity index (χ2v) is 5.81. The molecule has 0 heterocycles. The Hall–Kier alpha value is -1.18. The van der Waals surface area contributed by atoms with Crippen molar-refractivity contribution in [2.45, 2.75) is 66.9 Å². The van der Waals surface area contributed by atoms with Crippen molar-refractivity contribution in [1.82, 2.24) is 0 Å². The lowest BCUT2D eigenvalue weighted by atomic mass is 9.93. The number of rotatable bonds is 3. The van der Waals surface area contributed by atoms with Crippen molar-refractivity contribution in [1.29, 1.82) is 0 Å². The molecule has 0 fully saturated rings. The first-order valence-electron chi connectivity index (χ1n) is 6.75. The molecular formula is C16H26O2. The van der Waals surface area contributed by atoms with Crippen molar-refractivity contribution >= 4 is 0 Å². The average molecular weight is 250 g/mol. The van der Waals surface area contributed by atoms with E-state index in [4.69, 9.17) is 4.74 Å². The molecule has 18 heavy (non-hydrogen) atoms. The van der Waals surface area contributed by atoms with Gasteiger partial charge in [-0.05, 0) is 58.6 Å². The Bertz CT molecular complexity index is 408. The summed E-state index contributed by atoms with van der Waals surface area (Å²) in [6.45, 7) is 14.4. The van der Waals surface area contributed by atoms with Crippen LogP contribution in [0.1, 0.15) is 56.9 Å². The van der Waals surface area contributed by atoms with Crippen LogP contribution in [0.4, 0.5) is 0 Å². The Balaban J connectivity index is 3.50. The van der Waals surface area contributed by atoms with E-state index in [1.165, 1.54) is 0 Å². The smallest absolute Gasteiger partial charge is 0.126 e. The van der Waals surface area contributed by atoms with Gasteiger partial charge in [-0.1, -0.05) is 13.8 Å². The Morgan fingerprint density at radius 2 is 1.33 bits per heavy atom. The van der Waals surface area contributed by atoms with Crippen LogP contribution in [0, 0.1) is 13.8 Å². The van der Waals surface area contributed by atoms with Gasteiger partial charge in [0.05, 0.1) is 0 Å². The van der Waals surface area contributed by atoms with E-state index in [0.717, 1.165) is 40.8 Å². The van der Waals surface area contributed by atoms with Gasteiger partial charge in [-0.3, -0.25) is 0 Å². The molecule has 2 nitrogen and oxygen atoms in total. The van der Waals surface area contributed by atoms with Crippen molar-refractivity contribution in [2.24, 2.45) is 0 Å². The van der Waals surface area contributed by atoms with Crippen LogP contribution < -0.4 is 4.74 Å². The summed E-state index contributed by atoms with van der Waals surface area (Å²) in [6.07, 6.45) is 1.65. The van der Waals surface area contributed by atoms with E-state index in [1.807, 2.05) is 13.8 Å². The molecule has 1 rings (SSSR count). The van der Waals surface area contributed by atoms with Gasteiger partial charge in [-0.25, -0.2) is 0 Å². The fraction of sp³-hybridized carbons (Fsp3) is 0.625. The molecule has 1 N–H and O–H groups in total. The third kappa shape index (κ3) is 2.80. The molecule has 102 valence electrons. The maximum atomic E-state index is 10.3. The summed E-state index contributed by atoms with van der Waals surface area (Å²) >= 11 is 0. The largest absolute Gasteiger partial charge is 0.507 e. The van der Waals surface area contributed by atoms with Crippen molar-refractivity contribution in [3.05, 3.63) is 22.3 Å². The molecule has 0 saturated heterocycles. The molecule has 0 unspecified atom stereocenters. The molecule has 0 saturated carbocycles. The van der Waals surface area contributed by atoms with Crippen LogP contribution in [0.15, 0.2) is 0 Å². The first kappa shape index (κ1) is 14.9. The van der Waals surface area contributed by atoms with Gasteiger partial charge >= 0.3 is 0 Å². The van der Waals surface area contributed by atoms with Crippen LogP contribution in [0.25, 0.3) is 0 Å². The van der Waals surface area contributed by atoms with Gasteiger partial charge in [0.2, 0.25) is 0 Å². The first-order chi connectivity index (χ1) is 8.22. The monoisotopic (exact) mass is 250 g/mol. The minimum Gasteiger partial charge on any atom is -0.507 e. The lowest BCUT2D eigenvalue weighted by Gasteiger charge is -2.27. The lowest BCUT2D eigenvalue weighted by Crippen LogP contribution is -2.24. The van der Waals surface area contributed by atoms with E-state index >= 15 is 0 Å². The normalized spacial score (nSPS) is 11.7. The summed E-state index contributed by atoms with van der Waals surface area (Å²) in [5.74, 6) is 1.39. The summed E-state index contributed by atoms with van der Waals surface area (Å²) in [4.78, 5) is 0. The first-order valence-corrected chi connectivity index (χ1v) is 6.75. The van der Waals surface area contributed by atoms with Crippen LogP contribution in [-0.4, -0.2) is 10.7 Å². The average Bonchev–Trinajstić information content (AvgIpc) is 2.24. The number of hydrogen-bond acceptors (Lipinski definition) is 2. The Kier molecular flexibility index (Phi) is 4.31. The van der Waals surface area contributed by atoms with Gasteiger partial charge in [0.1, 0.15) is 17.1 Å². The fourth-order valence-electron chi connectivity index (χ4n) is 2.42. The van der Waals surface area contributed by atoms with E-state index in [1.54, 1.807) is 0 Å². The zero-order valence-electron chi connectivity index (χ0n) is 12.8. The van der Waals surface area contributed by atoms with Gasteiger partial charge in [-0.2, -0.15) is 0 Å². The SMILES string of the molecule is CCc1c(C)c(OC(C)(C)C)c(C)c(CC)c1O. The molecule has 0 spiro atoms. The van der Waals surface area contributed by atoms with Crippen LogP contribution >= 0.6 is 0 Å². The molecule has 0 radical (unpaired) electrons.